The number of esters is 1. The fourth-order valence-electron chi connectivity index (χ4n) is 1.68. The number of aliphatic hydroxyl groups excluding tert-OH is 1. The van der Waals surface area contributed by atoms with Crippen LogP contribution < -0.4 is 0 Å². The van der Waals surface area contributed by atoms with Gasteiger partial charge in [0.2, 0.25) is 0 Å². The highest BCUT2D eigenvalue weighted by Crippen LogP contribution is 2.25. The summed E-state index contributed by atoms with van der Waals surface area (Å²) in [6.45, 7) is 2.38. The van der Waals surface area contributed by atoms with E-state index >= 15 is 0 Å². The summed E-state index contributed by atoms with van der Waals surface area (Å²) in [5.41, 5.74) is 2.18. The molecule has 1 atom stereocenters. The van der Waals surface area contributed by atoms with Crippen LogP contribution >= 0.6 is 0 Å². The molecule has 0 fully saturated rings. The topological polar surface area (TPSA) is 46.5 Å². The zero-order valence-electron chi connectivity index (χ0n) is 9.14. The Labute approximate surface area is 94.4 Å². The molecule has 0 saturated heterocycles. The van der Waals surface area contributed by atoms with Crippen LogP contribution in [0, 0.1) is 6.92 Å². The van der Waals surface area contributed by atoms with Crippen LogP contribution in [0.2, 0.25) is 0 Å². The van der Waals surface area contributed by atoms with E-state index < -0.39 is 12.1 Å². The first-order valence-corrected chi connectivity index (χ1v) is 5.30. The molecule has 1 N–H and O–H groups in total. The van der Waals surface area contributed by atoms with Gasteiger partial charge in [0.15, 0.2) is 0 Å². The first kappa shape index (κ1) is 10.9. The highest BCUT2D eigenvalue weighted by molar-refractivity contribution is 5.90. The highest BCUT2D eigenvalue weighted by Gasteiger charge is 2.23. The third-order valence-corrected chi connectivity index (χ3v) is 2.64. The van der Waals surface area contributed by atoms with Gasteiger partial charge in [0.05, 0.1) is 12.2 Å². The van der Waals surface area contributed by atoms with Gasteiger partial charge in [-0.05, 0) is 12.5 Å². The van der Waals surface area contributed by atoms with E-state index in [1.807, 2.05) is 31.2 Å². The molecular weight excluding hydrogens is 204 g/mol. The second-order valence-corrected chi connectivity index (χ2v) is 3.90. The first-order valence-electron chi connectivity index (χ1n) is 5.30. The fourth-order valence-corrected chi connectivity index (χ4v) is 1.68. The molecule has 0 saturated carbocycles. The molecule has 3 heteroatoms. The molecule has 0 radical (unpaired) electrons. The van der Waals surface area contributed by atoms with E-state index in [1.54, 1.807) is 6.08 Å². The molecule has 1 aliphatic heterocycles. The summed E-state index contributed by atoms with van der Waals surface area (Å²) in [6, 6.07) is 7.46. The summed E-state index contributed by atoms with van der Waals surface area (Å²) < 4.78 is 4.89. The molecule has 0 aliphatic carbocycles. The second-order valence-electron chi connectivity index (χ2n) is 3.90. The lowest BCUT2D eigenvalue weighted by Crippen LogP contribution is -2.19. The van der Waals surface area contributed by atoms with Crippen molar-refractivity contribution in [2.45, 2.75) is 19.4 Å². The van der Waals surface area contributed by atoms with Crippen molar-refractivity contribution >= 4 is 5.97 Å². The van der Waals surface area contributed by atoms with Crippen molar-refractivity contribution in [3.63, 3.8) is 0 Å². The van der Waals surface area contributed by atoms with E-state index in [4.69, 9.17) is 4.74 Å². The van der Waals surface area contributed by atoms with Crippen LogP contribution in [0.25, 0.3) is 0 Å². The lowest BCUT2D eigenvalue weighted by Gasteiger charge is -2.18. The van der Waals surface area contributed by atoms with Gasteiger partial charge in [-0.1, -0.05) is 35.9 Å². The third-order valence-electron chi connectivity index (χ3n) is 2.64. The van der Waals surface area contributed by atoms with Crippen LogP contribution in [-0.4, -0.2) is 17.7 Å². The largest absolute Gasteiger partial charge is 0.462 e. The highest BCUT2D eigenvalue weighted by atomic mass is 16.5. The monoisotopic (exact) mass is 218 g/mol. The molecular formula is C13H14O3. The Morgan fingerprint density at radius 3 is 2.62 bits per heavy atom. The quantitative estimate of drug-likeness (QED) is 0.771. The van der Waals surface area contributed by atoms with Crippen molar-refractivity contribution < 1.29 is 14.6 Å². The molecule has 1 heterocycles. The van der Waals surface area contributed by atoms with E-state index in [0.29, 0.717) is 18.6 Å². The number of hydrogen-bond donors (Lipinski definition) is 1. The van der Waals surface area contributed by atoms with Crippen LogP contribution in [0.1, 0.15) is 23.7 Å². The van der Waals surface area contributed by atoms with Crippen LogP contribution in [-0.2, 0) is 9.53 Å². The van der Waals surface area contributed by atoms with Crippen molar-refractivity contribution in [3.8, 4) is 0 Å². The number of aryl methyl sites for hydroxylation is 1. The lowest BCUT2D eigenvalue weighted by atomic mass is 9.99. The normalized spacial score (nSPS) is 17.6. The van der Waals surface area contributed by atoms with Gasteiger partial charge in [0.1, 0.15) is 6.10 Å². The minimum absolute atomic E-state index is 0.343. The van der Waals surface area contributed by atoms with Gasteiger partial charge in [-0.25, -0.2) is 4.79 Å². The predicted octanol–water partition coefficient (Wildman–Crippen LogP) is 1.90. The van der Waals surface area contributed by atoms with Crippen molar-refractivity contribution in [3.05, 3.63) is 47.0 Å². The molecule has 0 aromatic heterocycles. The number of carbonyl (C=O) groups excluding carboxylic acids is 1. The van der Waals surface area contributed by atoms with Crippen LogP contribution in [0.15, 0.2) is 35.9 Å². The number of aliphatic hydroxyl groups is 1. The van der Waals surface area contributed by atoms with Gasteiger partial charge in [-0.2, -0.15) is 0 Å². The molecule has 84 valence electrons. The van der Waals surface area contributed by atoms with Gasteiger partial charge in [-0.3, -0.25) is 0 Å². The second kappa shape index (κ2) is 4.49. The Bertz CT molecular complexity index is 417. The van der Waals surface area contributed by atoms with E-state index in [0.717, 1.165) is 11.1 Å². The summed E-state index contributed by atoms with van der Waals surface area (Å²) in [6.07, 6.45) is 1.54. The maximum absolute atomic E-state index is 11.4. The smallest absolute Gasteiger partial charge is 0.336 e. The van der Waals surface area contributed by atoms with Crippen molar-refractivity contribution in [1.82, 2.24) is 0 Å². The molecule has 2 rings (SSSR count). The van der Waals surface area contributed by atoms with Crippen LogP contribution in [0.5, 0.6) is 0 Å². The Kier molecular flexibility index (Phi) is 3.06. The number of benzene rings is 1. The van der Waals surface area contributed by atoms with Gasteiger partial charge >= 0.3 is 5.97 Å². The Balaban J connectivity index is 2.24. The minimum atomic E-state index is -0.881. The summed E-state index contributed by atoms with van der Waals surface area (Å²) in [5, 5.41) is 10.0. The molecule has 1 aromatic carbocycles. The number of ether oxygens (including phenoxy) is 1. The summed E-state index contributed by atoms with van der Waals surface area (Å²) >= 11 is 0. The third kappa shape index (κ3) is 2.14. The lowest BCUT2D eigenvalue weighted by molar-refractivity contribution is -0.141. The Morgan fingerprint density at radius 1 is 1.31 bits per heavy atom. The average Bonchev–Trinajstić information content (AvgIpc) is 2.30. The van der Waals surface area contributed by atoms with Crippen LogP contribution in [0.4, 0.5) is 0 Å². The molecule has 16 heavy (non-hydrogen) atoms. The Hall–Kier alpha value is -1.61. The molecule has 3 nitrogen and oxygen atoms in total. The van der Waals surface area contributed by atoms with E-state index in [1.165, 1.54) is 0 Å². The van der Waals surface area contributed by atoms with Gasteiger partial charge < -0.3 is 9.84 Å². The zero-order valence-corrected chi connectivity index (χ0v) is 9.14. The SMILES string of the molecule is Cc1ccc(C(O)C2=CCCOC2=O)cc1. The number of carbonyl (C=O) groups is 1. The summed E-state index contributed by atoms with van der Waals surface area (Å²) in [4.78, 5) is 11.4. The van der Waals surface area contributed by atoms with Gasteiger partial charge in [0, 0.05) is 6.42 Å². The van der Waals surface area contributed by atoms with Crippen molar-refractivity contribution in [2.75, 3.05) is 6.61 Å². The number of hydrogen-bond acceptors (Lipinski definition) is 3. The van der Waals surface area contributed by atoms with Crippen LogP contribution in [0.3, 0.4) is 0 Å². The maximum atomic E-state index is 11.4. The number of rotatable bonds is 2. The van der Waals surface area contributed by atoms with Crippen molar-refractivity contribution in [2.24, 2.45) is 0 Å². The van der Waals surface area contributed by atoms with Crippen molar-refractivity contribution in [1.29, 1.82) is 0 Å². The minimum Gasteiger partial charge on any atom is -0.462 e. The molecule has 0 amide bonds. The molecule has 1 aromatic rings. The maximum Gasteiger partial charge on any atom is 0.336 e. The average molecular weight is 218 g/mol. The predicted molar refractivity (Wildman–Crippen MR) is 59.8 cm³/mol. The van der Waals surface area contributed by atoms with Gasteiger partial charge in [0.25, 0.3) is 0 Å². The Morgan fingerprint density at radius 2 is 2.00 bits per heavy atom. The zero-order chi connectivity index (χ0) is 11.5. The fraction of sp³-hybridized carbons (Fsp3) is 0.308. The van der Waals surface area contributed by atoms with E-state index in [-0.39, 0.29) is 0 Å². The standard InChI is InChI=1S/C13H14O3/c1-9-4-6-10(7-5-9)12(14)11-3-2-8-16-13(11)15/h3-7,12,14H,2,8H2,1H3. The van der Waals surface area contributed by atoms with E-state index in [2.05, 4.69) is 0 Å². The number of cyclic esters (lactones) is 1. The van der Waals surface area contributed by atoms with Gasteiger partial charge in [-0.15, -0.1) is 0 Å². The first-order chi connectivity index (χ1) is 7.68. The summed E-state index contributed by atoms with van der Waals surface area (Å²) in [5.74, 6) is -0.417. The molecule has 0 bridgehead atoms. The molecule has 0 spiro atoms. The molecule has 1 aliphatic rings. The van der Waals surface area contributed by atoms with E-state index in [9.17, 15) is 9.90 Å². The molecule has 1 unspecified atom stereocenters. The summed E-state index contributed by atoms with van der Waals surface area (Å²) in [7, 11) is 0.